The Morgan fingerprint density at radius 2 is 1.68 bits per heavy atom. The average Bonchev–Trinajstić information content (AvgIpc) is 2.90. The van der Waals surface area contributed by atoms with Gasteiger partial charge in [-0.3, -0.25) is 13.9 Å². The molecule has 0 aliphatic carbocycles. The van der Waals surface area contributed by atoms with E-state index in [1.54, 1.807) is 56.3 Å². The molecular weight excluding hydrogens is 558 g/mol. The number of rotatable bonds is 11. The minimum absolute atomic E-state index is 0.0141. The van der Waals surface area contributed by atoms with Gasteiger partial charge in [-0.05, 0) is 67.9 Å². The summed E-state index contributed by atoms with van der Waals surface area (Å²) in [6, 6.07) is 21.0. The Balaban J connectivity index is 2.00. The van der Waals surface area contributed by atoms with Gasteiger partial charge in [0.15, 0.2) is 0 Å². The fraction of sp³-hybridized carbons (Fsp3) is 0.259. The van der Waals surface area contributed by atoms with Crippen molar-refractivity contribution in [2.24, 2.45) is 0 Å². The number of carbonyl (C=O) groups excluding carboxylic acids is 2. The summed E-state index contributed by atoms with van der Waals surface area (Å²) in [7, 11) is -2.63. The summed E-state index contributed by atoms with van der Waals surface area (Å²) in [5.41, 5.74) is 1.13. The molecule has 0 spiro atoms. The van der Waals surface area contributed by atoms with E-state index in [0.29, 0.717) is 18.0 Å². The van der Waals surface area contributed by atoms with Crippen molar-refractivity contribution in [2.45, 2.75) is 31.3 Å². The predicted octanol–water partition coefficient (Wildman–Crippen LogP) is 4.21. The average molecular weight is 589 g/mol. The number of methoxy groups -OCH3 is 1. The first-order chi connectivity index (χ1) is 17.7. The second-order valence-electron chi connectivity index (χ2n) is 8.24. The maximum absolute atomic E-state index is 13.8. The van der Waals surface area contributed by atoms with Gasteiger partial charge in [0.05, 0.1) is 17.7 Å². The fourth-order valence-corrected chi connectivity index (χ4v) is 5.60. The number of hydrogen-bond donors (Lipinski definition) is 1. The van der Waals surface area contributed by atoms with Crippen molar-refractivity contribution >= 4 is 43.5 Å². The molecule has 0 aliphatic rings. The summed E-state index contributed by atoms with van der Waals surface area (Å²) in [4.78, 5) is 27.9. The quantitative estimate of drug-likeness (QED) is 0.362. The Hall–Kier alpha value is -3.37. The first kappa shape index (κ1) is 28.2. The van der Waals surface area contributed by atoms with Gasteiger partial charge in [0.25, 0.3) is 10.0 Å². The van der Waals surface area contributed by atoms with E-state index >= 15 is 0 Å². The molecule has 0 aromatic heterocycles. The van der Waals surface area contributed by atoms with Crippen LogP contribution in [-0.4, -0.2) is 51.4 Å². The molecule has 1 N–H and O–H groups in total. The van der Waals surface area contributed by atoms with Crippen LogP contribution in [0.4, 0.5) is 5.69 Å². The van der Waals surface area contributed by atoms with E-state index < -0.39 is 28.5 Å². The van der Waals surface area contributed by atoms with Gasteiger partial charge in [-0.1, -0.05) is 46.3 Å². The number of hydrogen-bond acceptors (Lipinski definition) is 5. The second kappa shape index (κ2) is 12.7. The number of carbonyl (C=O) groups is 2. The van der Waals surface area contributed by atoms with E-state index in [-0.39, 0.29) is 17.3 Å². The molecule has 0 unspecified atom stereocenters. The SMILES string of the molecule is CCNC(=O)[C@@H](C)N(Cc1cccc(Br)c1)C(=O)CN(c1ccccc1)S(=O)(=O)c1ccc(OC)cc1. The van der Waals surface area contributed by atoms with Crippen molar-refractivity contribution in [3.05, 3.63) is 88.9 Å². The fourth-order valence-electron chi connectivity index (χ4n) is 3.73. The molecule has 1 atom stereocenters. The predicted molar refractivity (Wildman–Crippen MR) is 147 cm³/mol. The number of benzene rings is 3. The zero-order valence-corrected chi connectivity index (χ0v) is 23.3. The maximum Gasteiger partial charge on any atom is 0.264 e. The van der Waals surface area contributed by atoms with E-state index in [4.69, 9.17) is 4.74 Å². The highest BCUT2D eigenvalue weighted by Gasteiger charge is 2.32. The number of sulfonamides is 1. The molecule has 0 saturated carbocycles. The Morgan fingerprint density at radius 3 is 2.27 bits per heavy atom. The van der Waals surface area contributed by atoms with E-state index in [1.165, 1.54) is 24.1 Å². The molecule has 37 heavy (non-hydrogen) atoms. The molecule has 3 rings (SSSR count). The molecule has 10 heteroatoms. The van der Waals surface area contributed by atoms with E-state index in [9.17, 15) is 18.0 Å². The summed E-state index contributed by atoms with van der Waals surface area (Å²) in [6.45, 7) is 3.47. The molecule has 8 nitrogen and oxygen atoms in total. The number of para-hydroxylation sites is 1. The molecule has 3 aromatic carbocycles. The van der Waals surface area contributed by atoms with Crippen LogP contribution in [0.25, 0.3) is 0 Å². The number of nitrogens with one attached hydrogen (secondary N) is 1. The van der Waals surface area contributed by atoms with Crippen LogP contribution >= 0.6 is 15.9 Å². The highest BCUT2D eigenvalue weighted by molar-refractivity contribution is 9.10. The zero-order valence-electron chi connectivity index (χ0n) is 20.9. The number of nitrogens with zero attached hydrogens (tertiary/aromatic N) is 2. The third kappa shape index (κ3) is 7.11. The van der Waals surface area contributed by atoms with E-state index in [2.05, 4.69) is 21.2 Å². The van der Waals surface area contributed by atoms with Gasteiger partial charge in [-0.25, -0.2) is 8.42 Å². The topological polar surface area (TPSA) is 96.0 Å². The Bertz CT molecular complexity index is 1320. The minimum atomic E-state index is -4.12. The largest absolute Gasteiger partial charge is 0.497 e. The zero-order chi connectivity index (χ0) is 27.0. The summed E-state index contributed by atoms with van der Waals surface area (Å²) < 4.78 is 34.5. The van der Waals surface area contributed by atoms with Crippen LogP contribution in [-0.2, 0) is 26.2 Å². The standard InChI is InChI=1S/C27H30BrN3O5S/c1-4-29-27(33)20(2)30(18-21-9-8-10-22(28)17-21)26(32)19-31(23-11-6-5-7-12-23)37(34,35)25-15-13-24(36-3)14-16-25/h5-17,20H,4,18-19H2,1-3H3,(H,29,33)/t20-/m1/s1. The van der Waals surface area contributed by atoms with Gasteiger partial charge in [-0.15, -0.1) is 0 Å². The van der Waals surface area contributed by atoms with Crippen molar-refractivity contribution in [1.29, 1.82) is 0 Å². The Labute approximate surface area is 226 Å². The maximum atomic E-state index is 13.8. The van der Waals surface area contributed by atoms with Crippen LogP contribution in [0.3, 0.4) is 0 Å². The number of anilines is 1. The molecule has 3 aromatic rings. The molecule has 0 bridgehead atoms. The van der Waals surface area contributed by atoms with Crippen LogP contribution in [0.2, 0.25) is 0 Å². The van der Waals surface area contributed by atoms with Gasteiger partial charge >= 0.3 is 0 Å². The van der Waals surface area contributed by atoms with Crippen LogP contribution in [0.5, 0.6) is 5.75 Å². The van der Waals surface area contributed by atoms with Crippen LogP contribution < -0.4 is 14.4 Å². The van der Waals surface area contributed by atoms with E-state index in [0.717, 1.165) is 14.3 Å². The smallest absolute Gasteiger partial charge is 0.264 e. The lowest BCUT2D eigenvalue weighted by atomic mass is 10.1. The molecule has 0 fully saturated rings. The van der Waals surface area contributed by atoms with Crippen LogP contribution in [0.1, 0.15) is 19.4 Å². The second-order valence-corrected chi connectivity index (χ2v) is 11.0. The number of ether oxygens (including phenoxy) is 1. The number of halogens is 1. The normalized spacial score (nSPS) is 11.9. The molecule has 2 amide bonds. The van der Waals surface area contributed by atoms with Gasteiger partial charge in [0.1, 0.15) is 18.3 Å². The Kier molecular flexibility index (Phi) is 9.71. The van der Waals surface area contributed by atoms with Crippen molar-refractivity contribution in [2.75, 3.05) is 24.5 Å². The first-order valence-corrected chi connectivity index (χ1v) is 13.9. The van der Waals surface area contributed by atoms with Crippen molar-refractivity contribution in [3.63, 3.8) is 0 Å². The van der Waals surface area contributed by atoms with Gasteiger partial charge < -0.3 is 15.0 Å². The monoisotopic (exact) mass is 587 g/mol. The van der Waals surface area contributed by atoms with Gasteiger partial charge in [0, 0.05) is 17.6 Å². The molecule has 0 heterocycles. The third-order valence-electron chi connectivity index (χ3n) is 5.73. The van der Waals surface area contributed by atoms with Crippen molar-refractivity contribution < 1.29 is 22.7 Å². The highest BCUT2D eigenvalue weighted by Crippen LogP contribution is 2.26. The third-order valence-corrected chi connectivity index (χ3v) is 8.01. The number of amides is 2. The lowest BCUT2D eigenvalue weighted by molar-refractivity contribution is -0.139. The molecular formula is C27H30BrN3O5S. The molecule has 0 aliphatic heterocycles. The lowest BCUT2D eigenvalue weighted by Crippen LogP contribution is -2.51. The summed E-state index contributed by atoms with van der Waals surface area (Å²) >= 11 is 3.43. The minimum Gasteiger partial charge on any atom is -0.497 e. The Morgan fingerprint density at radius 1 is 1.00 bits per heavy atom. The lowest BCUT2D eigenvalue weighted by Gasteiger charge is -2.32. The van der Waals surface area contributed by atoms with Crippen molar-refractivity contribution in [1.82, 2.24) is 10.2 Å². The van der Waals surface area contributed by atoms with Crippen LogP contribution in [0.15, 0.2) is 88.2 Å². The molecule has 0 radical (unpaired) electrons. The summed E-state index contributed by atoms with van der Waals surface area (Å²) in [5, 5.41) is 2.74. The highest BCUT2D eigenvalue weighted by atomic mass is 79.9. The molecule has 196 valence electrons. The first-order valence-electron chi connectivity index (χ1n) is 11.7. The van der Waals surface area contributed by atoms with Crippen molar-refractivity contribution in [3.8, 4) is 5.75 Å². The summed E-state index contributed by atoms with van der Waals surface area (Å²) in [6.07, 6.45) is 0. The number of likely N-dealkylation sites (N-methyl/N-ethyl adjacent to an activating group) is 1. The van der Waals surface area contributed by atoms with Crippen LogP contribution in [0, 0.1) is 0 Å². The van der Waals surface area contributed by atoms with Gasteiger partial charge in [-0.2, -0.15) is 0 Å². The summed E-state index contributed by atoms with van der Waals surface area (Å²) in [5.74, 6) is -0.327. The van der Waals surface area contributed by atoms with E-state index in [1.807, 2.05) is 24.3 Å². The van der Waals surface area contributed by atoms with Gasteiger partial charge in [0.2, 0.25) is 11.8 Å². The molecule has 0 saturated heterocycles.